The molecule has 81 heavy (non-hydrogen) atoms. The minimum atomic E-state index is -6.85. The number of aromatic amines is 2. The molecule has 17 atom stereocenters. The van der Waals surface area contributed by atoms with Crippen LogP contribution in [0.25, 0.3) is 33.5 Å². The fourth-order valence-electron chi connectivity index (χ4n) is 8.84. The molecule has 0 aromatic carbocycles. The number of aliphatic hydroxyl groups excluding tert-OH is 3. The second-order valence-electron chi connectivity index (χ2n) is 17.3. The summed E-state index contributed by atoms with van der Waals surface area (Å²) in [5.74, 6) is -0.475. The number of ether oxygens (including phenoxy) is 5. The Balaban J connectivity index is 0.856. The minimum Gasteiger partial charge on any atom is -0.756 e. The third-order valence-electron chi connectivity index (χ3n) is 12.2. The van der Waals surface area contributed by atoms with Gasteiger partial charge in [-0.15, -0.1) is 0 Å². The van der Waals surface area contributed by atoms with Crippen molar-refractivity contribution in [2.75, 3.05) is 57.9 Å². The van der Waals surface area contributed by atoms with Crippen LogP contribution in [-0.2, 0) is 84.6 Å². The zero-order valence-corrected chi connectivity index (χ0v) is 45.8. The van der Waals surface area contributed by atoms with Gasteiger partial charge in [0.15, 0.2) is 41.4 Å². The normalized spacial score (nSPS) is 29.9. The van der Waals surface area contributed by atoms with Crippen LogP contribution in [0.1, 0.15) is 18.7 Å². The van der Waals surface area contributed by atoms with Crippen LogP contribution in [0.15, 0.2) is 34.9 Å². The smallest absolute Gasteiger partial charge is 0.313 e. The minimum absolute atomic E-state index is 0.00904. The van der Waals surface area contributed by atoms with E-state index in [2.05, 4.69) is 67.2 Å². The molecule has 3 fully saturated rings. The van der Waals surface area contributed by atoms with Crippen LogP contribution in [0, 0.1) is 0 Å². The van der Waals surface area contributed by atoms with Crippen LogP contribution >= 0.6 is 39.1 Å². The van der Waals surface area contributed by atoms with Gasteiger partial charge in [0, 0.05) is 21.3 Å². The Hall–Kier alpha value is -5.00. The van der Waals surface area contributed by atoms with Gasteiger partial charge >= 0.3 is 5.65 Å². The summed E-state index contributed by atoms with van der Waals surface area (Å²) in [6.07, 6.45) is -15.9. The molecule has 3 saturated heterocycles. The van der Waals surface area contributed by atoms with Gasteiger partial charge in [-0.2, -0.15) is 4.98 Å². The van der Waals surface area contributed by atoms with Crippen molar-refractivity contribution in [1.29, 1.82) is 0 Å². The number of methoxy groups -OCH3 is 2. The highest BCUT2D eigenvalue weighted by Crippen LogP contribution is 2.67. The van der Waals surface area contributed by atoms with Crippen molar-refractivity contribution in [1.82, 2.24) is 53.6 Å². The van der Waals surface area contributed by atoms with Crippen molar-refractivity contribution in [2.24, 2.45) is 7.05 Å². The molecular weight excluding hydrogens is 1210 g/mol. The average molecular weight is 1250 g/mol. The number of aromatic nitrogens is 12. The van der Waals surface area contributed by atoms with Crippen molar-refractivity contribution < 1.29 is 122 Å². The Labute approximate surface area is 449 Å². The SMILES string of the molecule is CNc1ncnc2c1ncn2[C@@H]1O[C@H](COP(=O)([O-])OP(=O)([O-])OP(=O)([O-])OP(=O)([O-])OC[C@H]2O[C@@H]([n+]3cn(C)c4c(=O)[nH]c(N)nc43)C(O)[C@H]2OC)C(OP(=O)([O-])OC[C@H]2O[C@@H](n3cnc4c(=O)[nH]c(N)nc43)[C@@H](O)C2O)[C@@H]1OC. The Morgan fingerprint density at radius 1 is 0.667 bits per heavy atom. The van der Waals surface area contributed by atoms with E-state index in [4.69, 9.17) is 44.2 Å². The summed E-state index contributed by atoms with van der Waals surface area (Å²) in [4.78, 5) is 118. The number of hydrogen-bond acceptors (Lipinski definition) is 36. The van der Waals surface area contributed by atoms with E-state index in [-0.39, 0.29) is 51.2 Å². The summed E-state index contributed by atoms with van der Waals surface area (Å²) < 4.78 is 128. The number of imidazole rings is 3. The lowest BCUT2D eigenvalue weighted by Gasteiger charge is -2.36. The Morgan fingerprint density at radius 3 is 1.84 bits per heavy atom. The van der Waals surface area contributed by atoms with Gasteiger partial charge in [0.05, 0.1) is 39.5 Å². The number of nitrogens with two attached hydrogens (primary N) is 2. The highest BCUT2D eigenvalue weighted by atomic mass is 31.3. The molecule has 47 heteroatoms. The number of aryl methyl sites for hydroxylation is 1. The number of fused-ring (bicyclic) bond motifs is 3. The quantitative estimate of drug-likeness (QED) is 0.0218. The number of H-pyrrole nitrogens is 2. The Kier molecular flexibility index (Phi) is 17.1. The molecule has 0 amide bonds. The molecule has 0 radical (unpaired) electrons. The van der Waals surface area contributed by atoms with E-state index in [0.29, 0.717) is 0 Å². The summed E-state index contributed by atoms with van der Waals surface area (Å²) in [6, 6.07) is 0. The van der Waals surface area contributed by atoms with Crippen LogP contribution in [0.2, 0.25) is 0 Å². The number of nitrogens with zero attached hydrogens (tertiary/aromatic N) is 10. The molecule has 3 aliphatic rings. The maximum absolute atomic E-state index is 13.6. The zero-order chi connectivity index (χ0) is 58.9. The molecule has 10 N–H and O–H groups in total. The lowest BCUT2D eigenvalue weighted by atomic mass is 10.1. The zero-order valence-electron chi connectivity index (χ0n) is 41.4. The maximum Gasteiger partial charge on any atom is 0.313 e. The van der Waals surface area contributed by atoms with Gasteiger partial charge in [0.25, 0.3) is 56.2 Å². The molecule has 3 aliphatic heterocycles. The van der Waals surface area contributed by atoms with E-state index in [1.165, 1.54) is 25.0 Å². The standard InChI is InChI=1S/C34H48N15O27P5/c1-37-24-15-25(39-8-38-24)47(9-40-15)32-23(66-4)22(73-77(55,56)67-5-12-18(50)19(51)30(70-12)48-10-41-16-26(48)42-33(35)44-28(16)53)14(72-32)7-69-79(59,60)75-81(63,64)76-80(61,62)74-78(57,58)68-6-13-21(65-3)20(52)31(71-13)49-11-46(2)17-27(49)43-34(36)45-29(17)54/h8-14,18-23,30-32,50-52H,5-7H2,1-4H3,(H11-,35,36,37,38,39,42,43,44,45,53,54,55,56,57,58,59,60,61,62,63,64)/p-4/t12-,13-,14-,18?,19+,20?,21+,22?,23+,30-,31-,32-/m1/s1. The van der Waals surface area contributed by atoms with Crippen molar-refractivity contribution in [3.63, 3.8) is 0 Å². The van der Waals surface area contributed by atoms with Gasteiger partial charge in [0.2, 0.25) is 17.7 Å². The first-order chi connectivity index (χ1) is 37.9. The molecule has 0 aliphatic carbocycles. The van der Waals surface area contributed by atoms with Crippen molar-refractivity contribution in [3.8, 4) is 0 Å². The molecule has 0 spiro atoms. The Morgan fingerprint density at radius 2 is 1.21 bits per heavy atom. The number of phosphoric acid groups is 5. The van der Waals surface area contributed by atoms with E-state index in [9.17, 15) is 72.2 Å². The number of nitrogens with one attached hydrogen (secondary N) is 3. The molecule has 6 aromatic rings. The van der Waals surface area contributed by atoms with Crippen LogP contribution < -0.4 is 56.9 Å². The van der Waals surface area contributed by atoms with Gasteiger partial charge in [-0.1, -0.05) is 4.98 Å². The Bertz CT molecular complexity index is 3710. The van der Waals surface area contributed by atoms with Gasteiger partial charge in [0.1, 0.15) is 66.8 Å². The van der Waals surface area contributed by atoms with Crippen LogP contribution in [0.5, 0.6) is 0 Å². The summed E-state index contributed by atoms with van der Waals surface area (Å²) >= 11 is 0. The number of rotatable bonds is 23. The first-order valence-corrected chi connectivity index (χ1v) is 30.0. The summed E-state index contributed by atoms with van der Waals surface area (Å²) in [5, 5.41) is 35.5. The summed E-state index contributed by atoms with van der Waals surface area (Å²) in [7, 11) is -27.1. The highest BCUT2D eigenvalue weighted by Gasteiger charge is 2.52. The number of hydrogen-bond donors (Lipinski definition) is 8. The molecule has 42 nitrogen and oxygen atoms in total. The lowest BCUT2D eigenvalue weighted by molar-refractivity contribution is -0.745. The molecule has 0 saturated carbocycles. The second-order valence-corrected chi connectivity index (χ2v) is 24.8. The van der Waals surface area contributed by atoms with Crippen molar-refractivity contribution >= 4 is 90.3 Å². The number of phosphoric ester groups is 3. The van der Waals surface area contributed by atoms with Gasteiger partial charge in [-0.05, 0) is 0 Å². The second kappa shape index (κ2) is 22.9. The number of nitrogen functional groups attached to an aromatic ring is 2. The van der Waals surface area contributed by atoms with E-state index >= 15 is 0 Å². The molecule has 8 unspecified atom stereocenters. The monoisotopic (exact) mass is 1250 g/mol. The first-order valence-electron chi connectivity index (χ1n) is 22.7. The van der Waals surface area contributed by atoms with Gasteiger partial charge in [-0.3, -0.25) is 56.1 Å². The molecule has 9 heterocycles. The van der Waals surface area contributed by atoms with Crippen molar-refractivity contribution in [3.05, 3.63) is 46.0 Å². The predicted molar refractivity (Wildman–Crippen MR) is 249 cm³/mol. The summed E-state index contributed by atoms with van der Waals surface area (Å²) in [5.41, 5.74) is 9.45. The van der Waals surface area contributed by atoms with E-state index in [0.717, 1.165) is 46.9 Å². The predicted octanol–water partition coefficient (Wildman–Crippen LogP) is -6.64. The third kappa shape index (κ3) is 12.6. The number of aliphatic hydroxyl groups is 3. The van der Waals surface area contributed by atoms with Crippen LogP contribution in [0.3, 0.4) is 0 Å². The highest BCUT2D eigenvalue weighted by molar-refractivity contribution is 7.68. The molecule has 0 bridgehead atoms. The lowest BCUT2D eigenvalue weighted by Crippen LogP contribution is -2.46. The third-order valence-corrected chi connectivity index (χ3v) is 18.9. The molecule has 9 rings (SSSR count). The van der Waals surface area contributed by atoms with Crippen LogP contribution in [-0.4, -0.2) is 165 Å². The van der Waals surface area contributed by atoms with E-state index in [1.807, 2.05) is 0 Å². The fraction of sp³-hybridized carbons (Fsp3) is 0.559. The topological polar surface area (TPSA) is 598 Å². The van der Waals surface area contributed by atoms with Crippen LogP contribution in [0.4, 0.5) is 17.7 Å². The molecule has 6 aromatic heterocycles. The summed E-state index contributed by atoms with van der Waals surface area (Å²) in [6.45, 7) is -3.76. The van der Waals surface area contributed by atoms with E-state index in [1.54, 1.807) is 0 Å². The van der Waals surface area contributed by atoms with Gasteiger partial charge in [-0.25, -0.2) is 37.4 Å². The molecule has 446 valence electrons. The fourth-order valence-corrected chi connectivity index (χ4v) is 14.5. The van der Waals surface area contributed by atoms with Crippen molar-refractivity contribution in [2.45, 2.75) is 73.6 Å². The number of anilines is 3. The molecular formula is C34H44N15O27P5-4. The average Bonchev–Trinajstić information content (AvgIpc) is 4.32. The largest absolute Gasteiger partial charge is 0.756 e. The maximum atomic E-state index is 13.6. The first kappa shape index (κ1) is 60.6. The van der Waals surface area contributed by atoms with E-state index < -0.39 is 144 Å². The van der Waals surface area contributed by atoms with Gasteiger partial charge < -0.3 is 98.4 Å².